The Kier molecular flexibility index (Phi) is 5.23. The number of hydrogen-bond acceptors (Lipinski definition) is 2. The van der Waals surface area contributed by atoms with Gasteiger partial charge in [0.25, 0.3) is 0 Å². The van der Waals surface area contributed by atoms with Crippen molar-refractivity contribution in [1.29, 1.82) is 0 Å². The Labute approximate surface area is 124 Å². The Morgan fingerprint density at radius 2 is 1.80 bits per heavy atom. The second-order valence-electron chi connectivity index (χ2n) is 4.05. The van der Waals surface area contributed by atoms with Gasteiger partial charge in [-0.15, -0.1) is 0 Å². The third-order valence-corrected chi connectivity index (χ3v) is 2.86. The van der Waals surface area contributed by atoms with Crippen molar-refractivity contribution >= 4 is 17.8 Å². The number of ether oxygens (including phenoxy) is 1. The van der Waals surface area contributed by atoms with Crippen LogP contribution < -0.4 is 4.74 Å². The van der Waals surface area contributed by atoms with Crippen LogP contribution >= 0.6 is 11.6 Å². The summed E-state index contributed by atoms with van der Waals surface area (Å²) in [5.41, 5.74) is 1.97. The average molecular weight is 284 g/mol. The molecule has 0 bridgehead atoms. The number of halogens is 1. The lowest BCUT2D eigenvalue weighted by molar-refractivity contribution is 0.415. The number of benzene rings is 2. The van der Waals surface area contributed by atoms with E-state index in [-0.39, 0.29) is 0 Å². The molecule has 0 N–H and O–H groups in total. The van der Waals surface area contributed by atoms with Crippen LogP contribution in [0.2, 0.25) is 5.02 Å². The number of hydrogen-bond donors (Lipinski definition) is 0. The Balaban J connectivity index is 1.89. The van der Waals surface area contributed by atoms with E-state index in [1.165, 1.54) is 0 Å². The summed E-state index contributed by atoms with van der Waals surface area (Å²) in [5.74, 6) is 6.89. The molecule has 0 aliphatic carbocycles. The first-order chi connectivity index (χ1) is 9.78. The zero-order chi connectivity index (χ0) is 14.2. The minimum Gasteiger partial charge on any atom is -0.497 e. The van der Waals surface area contributed by atoms with Gasteiger partial charge in [-0.05, 0) is 42.0 Å². The summed E-state index contributed by atoms with van der Waals surface area (Å²) < 4.78 is 5.09. The fourth-order valence-corrected chi connectivity index (χ4v) is 1.69. The van der Waals surface area contributed by atoms with Crippen molar-refractivity contribution in [2.24, 2.45) is 4.99 Å². The third-order valence-electron chi connectivity index (χ3n) is 2.60. The molecule has 3 heteroatoms. The quantitative estimate of drug-likeness (QED) is 0.620. The molecular weight excluding hydrogens is 270 g/mol. The summed E-state index contributed by atoms with van der Waals surface area (Å²) in [5, 5.41) is 0.724. The second-order valence-corrected chi connectivity index (χ2v) is 4.49. The SMILES string of the molecule is COc1ccc(C#CCN=Cc2ccc(Cl)cc2)cc1. The highest BCUT2D eigenvalue weighted by Gasteiger charge is 1.89. The Hall–Kier alpha value is -2.24. The average Bonchev–Trinajstić information content (AvgIpc) is 2.49. The van der Waals surface area contributed by atoms with Crippen LogP contribution in [0.25, 0.3) is 0 Å². The minimum atomic E-state index is 0.467. The van der Waals surface area contributed by atoms with Crippen LogP contribution in [0.15, 0.2) is 53.5 Å². The van der Waals surface area contributed by atoms with Gasteiger partial charge >= 0.3 is 0 Å². The van der Waals surface area contributed by atoms with Crippen LogP contribution in [0.4, 0.5) is 0 Å². The number of methoxy groups -OCH3 is 1. The van der Waals surface area contributed by atoms with Gasteiger partial charge in [0.05, 0.1) is 7.11 Å². The monoisotopic (exact) mass is 283 g/mol. The van der Waals surface area contributed by atoms with E-state index >= 15 is 0 Å². The largest absolute Gasteiger partial charge is 0.497 e. The van der Waals surface area contributed by atoms with Gasteiger partial charge in [0.2, 0.25) is 0 Å². The van der Waals surface area contributed by atoms with E-state index in [1.54, 1.807) is 13.3 Å². The molecule has 0 aromatic heterocycles. The van der Waals surface area contributed by atoms with E-state index in [9.17, 15) is 0 Å². The molecule has 2 rings (SSSR count). The standard InChI is InChI=1S/C17H14ClNO/c1-20-17-10-6-14(7-11-17)3-2-12-19-13-15-4-8-16(18)9-5-15/h4-11,13H,12H2,1H3. The molecule has 0 spiro atoms. The molecule has 0 unspecified atom stereocenters. The molecule has 100 valence electrons. The van der Waals surface area contributed by atoms with Crippen molar-refractivity contribution in [1.82, 2.24) is 0 Å². The highest BCUT2D eigenvalue weighted by molar-refractivity contribution is 6.30. The summed E-state index contributed by atoms with van der Waals surface area (Å²) in [7, 11) is 1.65. The highest BCUT2D eigenvalue weighted by atomic mass is 35.5. The van der Waals surface area contributed by atoms with Crippen molar-refractivity contribution in [3.8, 4) is 17.6 Å². The zero-order valence-corrected chi connectivity index (χ0v) is 11.9. The normalized spacial score (nSPS) is 10.1. The first-order valence-corrected chi connectivity index (χ1v) is 6.54. The molecule has 2 nitrogen and oxygen atoms in total. The van der Waals surface area contributed by atoms with E-state index in [2.05, 4.69) is 16.8 Å². The van der Waals surface area contributed by atoms with Crippen molar-refractivity contribution in [3.05, 3.63) is 64.7 Å². The van der Waals surface area contributed by atoms with Crippen LogP contribution in [-0.4, -0.2) is 19.9 Å². The fraction of sp³-hybridized carbons (Fsp3) is 0.118. The van der Waals surface area contributed by atoms with Gasteiger partial charge in [-0.3, -0.25) is 4.99 Å². The van der Waals surface area contributed by atoms with Crippen LogP contribution in [-0.2, 0) is 0 Å². The van der Waals surface area contributed by atoms with Gasteiger partial charge in [0, 0.05) is 16.8 Å². The summed E-state index contributed by atoms with van der Waals surface area (Å²) in [4.78, 5) is 4.25. The molecule has 20 heavy (non-hydrogen) atoms. The number of nitrogens with zero attached hydrogens (tertiary/aromatic N) is 1. The van der Waals surface area contributed by atoms with Crippen molar-refractivity contribution in [2.75, 3.05) is 13.7 Å². The van der Waals surface area contributed by atoms with Crippen LogP contribution in [0.5, 0.6) is 5.75 Å². The molecule has 2 aromatic rings. The van der Waals surface area contributed by atoms with E-state index in [0.717, 1.165) is 21.9 Å². The van der Waals surface area contributed by atoms with Crippen molar-refractivity contribution in [2.45, 2.75) is 0 Å². The number of aliphatic imine (C=N–C) groups is 1. The molecule has 0 amide bonds. The van der Waals surface area contributed by atoms with Crippen LogP contribution in [0.3, 0.4) is 0 Å². The van der Waals surface area contributed by atoms with Crippen LogP contribution in [0.1, 0.15) is 11.1 Å². The number of rotatable bonds is 3. The lowest BCUT2D eigenvalue weighted by Crippen LogP contribution is -1.83. The van der Waals surface area contributed by atoms with E-state index < -0.39 is 0 Å². The molecule has 0 atom stereocenters. The summed E-state index contributed by atoms with van der Waals surface area (Å²) in [6.45, 7) is 0.467. The molecule has 0 saturated heterocycles. The lowest BCUT2D eigenvalue weighted by Gasteiger charge is -1.97. The summed E-state index contributed by atoms with van der Waals surface area (Å²) in [6.07, 6.45) is 1.79. The molecule has 2 aromatic carbocycles. The van der Waals surface area contributed by atoms with E-state index in [1.807, 2.05) is 48.5 Å². The predicted molar refractivity (Wildman–Crippen MR) is 83.8 cm³/mol. The summed E-state index contributed by atoms with van der Waals surface area (Å²) >= 11 is 5.81. The van der Waals surface area contributed by atoms with Crippen molar-refractivity contribution < 1.29 is 4.74 Å². The van der Waals surface area contributed by atoms with Gasteiger partial charge in [0.1, 0.15) is 12.3 Å². The molecule has 0 aliphatic heterocycles. The smallest absolute Gasteiger partial charge is 0.118 e. The molecular formula is C17H14ClNO. The summed E-state index contributed by atoms with van der Waals surface area (Å²) in [6, 6.07) is 15.1. The molecule has 0 aliphatic rings. The highest BCUT2D eigenvalue weighted by Crippen LogP contribution is 2.10. The molecule has 0 fully saturated rings. The Morgan fingerprint density at radius 3 is 2.45 bits per heavy atom. The van der Waals surface area contributed by atoms with Gasteiger partial charge in [-0.25, -0.2) is 0 Å². The maximum atomic E-state index is 5.81. The van der Waals surface area contributed by atoms with Gasteiger partial charge in [0.15, 0.2) is 0 Å². The molecule has 0 heterocycles. The third kappa shape index (κ3) is 4.46. The van der Waals surface area contributed by atoms with E-state index in [4.69, 9.17) is 16.3 Å². The fourth-order valence-electron chi connectivity index (χ4n) is 1.56. The zero-order valence-electron chi connectivity index (χ0n) is 11.1. The van der Waals surface area contributed by atoms with Gasteiger partial charge in [-0.1, -0.05) is 35.6 Å². The second kappa shape index (κ2) is 7.37. The van der Waals surface area contributed by atoms with Gasteiger partial charge < -0.3 is 4.74 Å². The molecule has 0 saturated carbocycles. The molecule has 0 radical (unpaired) electrons. The van der Waals surface area contributed by atoms with Crippen molar-refractivity contribution in [3.63, 3.8) is 0 Å². The maximum Gasteiger partial charge on any atom is 0.118 e. The first-order valence-electron chi connectivity index (χ1n) is 6.16. The Bertz CT molecular complexity index is 633. The maximum absolute atomic E-state index is 5.81. The van der Waals surface area contributed by atoms with Crippen LogP contribution in [0, 0.1) is 11.8 Å². The predicted octanol–water partition coefficient (Wildman–Crippen LogP) is 3.82. The van der Waals surface area contributed by atoms with Gasteiger partial charge in [-0.2, -0.15) is 0 Å². The topological polar surface area (TPSA) is 21.6 Å². The Morgan fingerprint density at radius 1 is 1.10 bits per heavy atom. The van der Waals surface area contributed by atoms with E-state index in [0.29, 0.717) is 6.54 Å². The lowest BCUT2D eigenvalue weighted by atomic mass is 10.2. The minimum absolute atomic E-state index is 0.467. The first kappa shape index (κ1) is 14.2.